The third kappa shape index (κ3) is 1.51. The second-order valence-corrected chi connectivity index (χ2v) is 10.6. The Morgan fingerprint density at radius 3 is 2.33 bits per heavy atom. The molecule has 6 aliphatic carbocycles. The monoisotopic (exact) mass is 334 g/mol. The Hall–Kier alpha value is -0.450. The fourth-order valence-electron chi connectivity index (χ4n) is 9.02. The van der Waals surface area contributed by atoms with E-state index in [1.54, 1.807) is 0 Å². The van der Waals surface area contributed by atoms with Crippen LogP contribution < -0.4 is 0 Å². The van der Waals surface area contributed by atoms with Crippen LogP contribution in [0.4, 0.5) is 0 Å². The highest BCUT2D eigenvalue weighted by Gasteiger charge is 2.79. The summed E-state index contributed by atoms with van der Waals surface area (Å²) < 4.78 is 0. The molecule has 1 spiro atoms. The van der Waals surface area contributed by atoms with Crippen LogP contribution in [0.5, 0.6) is 0 Å². The molecule has 4 nitrogen and oxygen atoms in total. The molecule has 0 unspecified atom stereocenters. The number of fused-ring (bicyclic) bond motifs is 1. The third-order valence-corrected chi connectivity index (χ3v) is 9.58. The average molecular weight is 334 g/mol. The van der Waals surface area contributed by atoms with Gasteiger partial charge in [-0.2, -0.15) is 0 Å². The van der Waals surface area contributed by atoms with Crippen LogP contribution in [0.15, 0.2) is 0 Å². The number of hydrogen-bond donors (Lipinski definition) is 3. The third-order valence-electron chi connectivity index (χ3n) is 9.58. The van der Waals surface area contributed by atoms with E-state index in [0.717, 1.165) is 18.3 Å². The van der Waals surface area contributed by atoms with Crippen LogP contribution in [-0.2, 0) is 4.79 Å². The molecule has 0 aromatic heterocycles. The minimum absolute atomic E-state index is 0.154. The van der Waals surface area contributed by atoms with Gasteiger partial charge in [-0.25, -0.2) is 0 Å². The summed E-state index contributed by atoms with van der Waals surface area (Å²) in [6.45, 7) is 4.18. The Balaban J connectivity index is 1.61. The van der Waals surface area contributed by atoms with Crippen LogP contribution in [0.3, 0.4) is 0 Å². The van der Waals surface area contributed by atoms with E-state index in [0.29, 0.717) is 17.8 Å². The van der Waals surface area contributed by atoms with Crippen LogP contribution in [-0.4, -0.2) is 40.4 Å². The number of carbonyl (C=O) groups is 1. The van der Waals surface area contributed by atoms with Crippen LogP contribution >= 0.6 is 0 Å². The number of hydrogen-bond acceptors (Lipinski definition) is 4. The molecule has 6 rings (SSSR count). The first-order valence-corrected chi connectivity index (χ1v) is 9.66. The Bertz CT molecular complexity index is 613. The van der Waals surface area contributed by atoms with Crippen molar-refractivity contribution >= 4 is 5.78 Å². The second-order valence-electron chi connectivity index (χ2n) is 10.6. The van der Waals surface area contributed by atoms with Gasteiger partial charge >= 0.3 is 0 Å². The van der Waals surface area contributed by atoms with Crippen molar-refractivity contribution in [3.63, 3.8) is 0 Å². The molecule has 8 atom stereocenters. The molecule has 3 N–H and O–H groups in total. The van der Waals surface area contributed by atoms with Gasteiger partial charge < -0.3 is 15.3 Å². The van der Waals surface area contributed by atoms with Gasteiger partial charge in [-0.15, -0.1) is 0 Å². The summed E-state index contributed by atoms with van der Waals surface area (Å²) in [6, 6.07) is 0. The molecule has 0 amide bonds. The zero-order valence-corrected chi connectivity index (χ0v) is 14.8. The predicted octanol–water partition coefficient (Wildman–Crippen LogP) is 1.76. The molecule has 6 fully saturated rings. The summed E-state index contributed by atoms with van der Waals surface area (Å²) in [5.41, 5.74) is -0.456. The lowest BCUT2D eigenvalue weighted by molar-refractivity contribution is -0.225. The van der Waals surface area contributed by atoms with E-state index in [1.165, 1.54) is 19.3 Å². The molecule has 6 aliphatic rings. The molecular weight excluding hydrogens is 304 g/mol. The molecule has 0 aromatic carbocycles. The lowest BCUT2D eigenvalue weighted by Gasteiger charge is -2.66. The zero-order chi connectivity index (χ0) is 17.1. The maximum Gasteiger partial charge on any atom is 0.134 e. The van der Waals surface area contributed by atoms with E-state index in [2.05, 4.69) is 13.8 Å². The van der Waals surface area contributed by atoms with Gasteiger partial charge in [0.15, 0.2) is 0 Å². The van der Waals surface area contributed by atoms with Gasteiger partial charge in [-0.3, -0.25) is 4.79 Å². The summed E-state index contributed by atoms with van der Waals surface area (Å²) in [4.78, 5) is 12.6. The van der Waals surface area contributed by atoms with Gasteiger partial charge in [-0.1, -0.05) is 13.8 Å². The van der Waals surface area contributed by atoms with Gasteiger partial charge in [0.25, 0.3) is 0 Å². The molecule has 4 heteroatoms. The zero-order valence-electron chi connectivity index (χ0n) is 14.8. The molecular formula is C20H30O4. The predicted molar refractivity (Wildman–Crippen MR) is 87.9 cm³/mol. The summed E-state index contributed by atoms with van der Waals surface area (Å²) in [6.07, 6.45) is 4.61. The van der Waals surface area contributed by atoms with E-state index in [-0.39, 0.29) is 42.2 Å². The Labute approximate surface area is 143 Å². The van der Waals surface area contributed by atoms with E-state index < -0.39 is 11.5 Å². The molecule has 0 heterocycles. The number of Topliss-reactive ketones (excluding diaryl/α,β-unsaturated/α-hetero) is 1. The van der Waals surface area contributed by atoms with Crippen molar-refractivity contribution in [2.75, 3.05) is 13.2 Å². The SMILES string of the molecule is C[C@]12C[C@]34C[C@@H]1[C@@H]2C[C@@H]3[C@@]1(C)CC(=O)CC(CO)(CO)[C@H]1[C@@H](O)C4. The normalized spacial score (nSPS) is 59.7. The van der Waals surface area contributed by atoms with Gasteiger partial charge in [0.05, 0.1) is 19.3 Å². The van der Waals surface area contributed by atoms with Crippen LogP contribution in [0.25, 0.3) is 0 Å². The number of aliphatic hydroxyl groups is 3. The van der Waals surface area contributed by atoms with Crippen molar-refractivity contribution in [1.29, 1.82) is 0 Å². The van der Waals surface area contributed by atoms with Crippen molar-refractivity contribution in [3.8, 4) is 0 Å². The molecule has 24 heavy (non-hydrogen) atoms. The number of carbonyl (C=O) groups excluding carboxylic acids is 1. The first kappa shape index (κ1) is 15.8. The highest BCUT2D eigenvalue weighted by Crippen LogP contribution is 2.85. The average Bonchev–Trinajstić information content (AvgIpc) is 2.96. The standard InChI is InChI=1S/C20H30O4/c1-17-4-11(23)5-20(9-21,10-22)16(17)14(24)7-19-6-13-12(3-15(17)19)18(13,2)8-19/h12-16,21-22,24H,3-10H2,1-2H3/t12-,13+,14-,15+,16-,17+,18+,19+/m0/s1. The van der Waals surface area contributed by atoms with Crippen molar-refractivity contribution in [2.45, 2.75) is 58.5 Å². The van der Waals surface area contributed by atoms with Crippen molar-refractivity contribution < 1.29 is 20.1 Å². The van der Waals surface area contributed by atoms with Gasteiger partial charge in [-0.05, 0) is 59.7 Å². The number of rotatable bonds is 2. The Morgan fingerprint density at radius 1 is 1.04 bits per heavy atom. The van der Waals surface area contributed by atoms with Crippen LogP contribution in [0.2, 0.25) is 0 Å². The summed E-state index contributed by atoms with van der Waals surface area (Å²) >= 11 is 0. The van der Waals surface area contributed by atoms with Gasteiger partial charge in [0.2, 0.25) is 0 Å². The smallest absolute Gasteiger partial charge is 0.134 e. The largest absolute Gasteiger partial charge is 0.396 e. The maximum atomic E-state index is 12.6. The van der Waals surface area contributed by atoms with Crippen molar-refractivity contribution in [3.05, 3.63) is 0 Å². The summed E-state index contributed by atoms with van der Waals surface area (Å²) in [5, 5.41) is 31.3. The molecule has 0 aliphatic heterocycles. The Kier molecular flexibility index (Phi) is 2.80. The minimum atomic E-state index is -0.849. The quantitative estimate of drug-likeness (QED) is 0.719. The minimum Gasteiger partial charge on any atom is -0.396 e. The Morgan fingerprint density at radius 2 is 1.75 bits per heavy atom. The number of aliphatic hydroxyl groups excluding tert-OH is 3. The van der Waals surface area contributed by atoms with Crippen molar-refractivity contribution in [1.82, 2.24) is 0 Å². The first-order chi connectivity index (χ1) is 11.2. The lowest BCUT2D eigenvalue weighted by Crippen LogP contribution is -2.66. The van der Waals surface area contributed by atoms with E-state index in [9.17, 15) is 20.1 Å². The van der Waals surface area contributed by atoms with E-state index >= 15 is 0 Å². The lowest BCUT2D eigenvalue weighted by atomic mass is 9.38. The molecule has 0 radical (unpaired) electrons. The summed E-state index contributed by atoms with van der Waals surface area (Å²) in [5.74, 6) is 2.07. The maximum absolute atomic E-state index is 12.6. The van der Waals surface area contributed by atoms with Gasteiger partial charge in [0, 0.05) is 24.2 Å². The summed E-state index contributed by atoms with van der Waals surface area (Å²) in [7, 11) is 0. The second kappa shape index (κ2) is 4.27. The van der Waals surface area contributed by atoms with Crippen LogP contribution in [0, 0.1) is 45.3 Å². The highest BCUT2D eigenvalue weighted by molar-refractivity contribution is 5.81. The van der Waals surface area contributed by atoms with Crippen molar-refractivity contribution in [2.24, 2.45) is 45.3 Å². The molecule has 134 valence electrons. The van der Waals surface area contributed by atoms with Crippen LogP contribution in [0.1, 0.15) is 52.4 Å². The fourth-order valence-corrected chi connectivity index (χ4v) is 9.02. The molecule has 6 saturated carbocycles. The number of ketones is 1. The highest BCUT2D eigenvalue weighted by atomic mass is 16.3. The van der Waals surface area contributed by atoms with E-state index in [4.69, 9.17) is 0 Å². The van der Waals surface area contributed by atoms with E-state index in [1.807, 2.05) is 0 Å². The molecule has 0 saturated heterocycles. The topological polar surface area (TPSA) is 77.8 Å². The fraction of sp³-hybridized carbons (Fsp3) is 0.950. The van der Waals surface area contributed by atoms with Gasteiger partial charge in [0.1, 0.15) is 5.78 Å². The molecule has 0 aromatic rings. The molecule has 4 bridgehead atoms. The first-order valence-electron chi connectivity index (χ1n) is 9.66.